The summed E-state index contributed by atoms with van der Waals surface area (Å²) >= 11 is 0. The molecule has 1 saturated heterocycles. The number of anilines is 1. The van der Waals surface area contributed by atoms with Crippen LogP contribution in [-0.4, -0.2) is 39.3 Å². The van der Waals surface area contributed by atoms with Crippen LogP contribution in [0.2, 0.25) is 0 Å². The van der Waals surface area contributed by atoms with E-state index >= 15 is 0 Å². The molecule has 8 heteroatoms. The molecule has 0 spiro atoms. The van der Waals surface area contributed by atoms with Crippen LogP contribution >= 0.6 is 0 Å². The summed E-state index contributed by atoms with van der Waals surface area (Å²) in [5.41, 5.74) is 2.98. The van der Waals surface area contributed by atoms with Crippen LogP contribution in [-0.2, 0) is 11.2 Å². The molecule has 1 unspecified atom stereocenters. The Morgan fingerprint density at radius 2 is 2.36 bits per heavy atom. The van der Waals surface area contributed by atoms with Gasteiger partial charge in [-0.05, 0) is 19.1 Å². The SMILES string of the molecule is Cc1noc2cc(N3CC(Cc4cn[nH]n4)OC3=O)ccc12. The number of fused-ring (bicyclic) bond motifs is 1. The number of carbonyl (C=O) groups is 1. The quantitative estimate of drug-likeness (QED) is 0.792. The van der Waals surface area contributed by atoms with Gasteiger partial charge in [0, 0.05) is 17.9 Å². The third kappa shape index (κ3) is 2.09. The van der Waals surface area contributed by atoms with Crippen molar-refractivity contribution in [3.63, 3.8) is 0 Å². The highest BCUT2D eigenvalue weighted by molar-refractivity contribution is 5.93. The van der Waals surface area contributed by atoms with Crippen molar-refractivity contribution in [2.24, 2.45) is 0 Å². The van der Waals surface area contributed by atoms with Gasteiger partial charge in [-0.25, -0.2) is 4.79 Å². The van der Waals surface area contributed by atoms with Crippen LogP contribution in [0.4, 0.5) is 10.5 Å². The molecule has 1 amide bonds. The van der Waals surface area contributed by atoms with Crippen molar-refractivity contribution in [1.29, 1.82) is 0 Å². The lowest BCUT2D eigenvalue weighted by atomic mass is 10.2. The van der Waals surface area contributed by atoms with Crippen molar-refractivity contribution in [2.75, 3.05) is 11.4 Å². The number of hydrogen-bond donors (Lipinski definition) is 1. The van der Waals surface area contributed by atoms with E-state index in [0.29, 0.717) is 18.5 Å². The average Bonchev–Trinajstić information content (AvgIpc) is 3.21. The second-order valence-corrected chi connectivity index (χ2v) is 5.23. The first kappa shape index (κ1) is 12.8. The number of nitrogens with zero attached hydrogens (tertiary/aromatic N) is 4. The highest BCUT2D eigenvalue weighted by Gasteiger charge is 2.33. The molecule has 3 heterocycles. The minimum Gasteiger partial charge on any atom is -0.444 e. The van der Waals surface area contributed by atoms with E-state index in [0.717, 1.165) is 22.5 Å². The van der Waals surface area contributed by atoms with Crippen LogP contribution in [0.15, 0.2) is 28.9 Å². The number of cyclic esters (lactones) is 1. The summed E-state index contributed by atoms with van der Waals surface area (Å²) in [5.74, 6) is 0. The summed E-state index contributed by atoms with van der Waals surface area (Å²) in [5, 5.41) is 15.1. The first-order chi connectivity index (χ1) is 10.7. The van der Waals surface area contributed by atoms with Gasteiger partial charge >= 0.3 is 6.09 Å². The molecule has 1 fully saturated rings. The Balaban J connectivity index is 1.57. The number of ether oxygens (including phenoxy) is 1. The highest BCUT2D eigenvalue weighted by atomic mass is 16.6. The Bertz CT molecular complexity index is 826. The van der Waals surface area contributed by atoms with E-state index in [1.165, 1.54) is 0 Å². The maximum Gasteiger partial charge on any atom is 0.414 e. The monoisotopic (exact) mass is 299 g/mol. The lowest BCUT2D eigenvalue weighted by Crippen LogP contribution is -2.24. The van der Waals surface area contributed by atoms with E-state index in [2.05, 4.69) is 20.6 Å². The van der Waals surface area contributed by atoms with E-state index < -0.39 is 0 Å². The molecule has 0 bridgehead atoms. The van der Waals surface area contributed by atoms with Crippen molar-refractivity contribution in [3.05, 3.63) is 35.8 Å². The molecule has 8 nitrogen and oxygen atoms in total. The largest absolute Gasteiger partial charge is 0.444 e. The van der Waals surface area contributed by atoms with Gasteiger partial charge in [0.25, 0.3) is 0 Å². The molecule has 2 aromatic heterocycles. The number of H-pyrrole nitrogens is 1. The number of aryl methyl sites for hydroxylation is 1. The zero-order valence-corrected chi connectivity index (χ0v) is 11.8. The maximum atomic E-state index is 12.1. The summed E-state index contributed by atoms with van der Waals surface area (Å²) in [6.07, 6.45) is 1.54. The van der Waals surface area contributed by atoms with E-state index in [-0.39, 0.29) is 12.2 Å². The Kier molecular flexibility index (Phi) is 2.81. The van der Waals surface area contributed by atoms with Crippen LogP contribution in [0.1, 0.15) is 11.4 Å². The lowest BCUT2D eigenvalue weighted by molar-refractivity contribution is 0.141. The molecule has 1 aromatic carbocycles. The van der Waals surface area contributed by atoms with Crippen molar-refractivity contribution >= 4 is 22.7 Å². The number of nitrogens with one attached hydrogen (secondary N) is 1. The highest BCUT2D eigenvalue weighted by Crippen LogP contribution is 2.27. The molecule has 0 radical (unpaired) electrons. The number of rotatable bonds is 3. The van der Waals surface area contributed by atoms with Gasteiger partial charge in [0.1, 0.15) is 6.10 Å². The summed E-state index contributed by atoms with van der Waals surface area (Å²) in [4.78, 5) is 13.7. The Labute approximate surface area is 125 Å². The second kappa shape index (κ2) is 4.83. The van der Waals surface area contributed by atoms with Crippen LogP contribution in [0.25, 0.3) is 11.0 Å². The minimum atomic E-state index is -0.371. The maximum absolute atomic E-state index is 12.1. The van der Waals surface area contributed by atoms with Crippen LogP contribution in [0.5, 0.6) is 0 Å². The zero-order chi connectivity index (χ0) is 15.1. The Morgan fingerprint density at radius 3 is 3.18 bits per heavy atom. The normalized spacial score (nSPS) is 18.1. The predicted octanol–water partition coefficient (Wildman–Crippen LogP) is 1.82. The van der Waals surface area contributed by atoms with Crippen molar-refractivity contribution < 1.29 is 14.1 Å². The van der Waals surface area contributed by atoms with E-state index in [1.54, 1.807) is 17.2 Å². The molecule has 4 rings (SSSR count). The third-order valence-corrected chi connectivity index (χ3v) is 3.72. The van der Waals surface area contributed by atoms with Crippen molar-refractivity contribution in [1.82, 2.24) is 20.6 Å². The average molecular weight is 299 g/mol. The van der Waals surface area contributed by atoms with Crippen molar-refractivity contribution in [3.8, 4) is 0 Å². The number of amides is 1. The number of benzene rings is 1. The van der Waals surface area contributed by atoms with Crippen molar-refractivity contribution in [2.45, 2.75) is 19.4 Å². The fourth-order valence-corrected chi connectivity index (χ4v) is 2.62. The van der Waals surface area contributed by atoms with Gasteiger partial charge in [0.05, 0.1) is 29.8 Å². The number of aromatic amines is 1. The zero-order valence-electron chi connectivity index (χ0n) is 11.8. The molecule has 0 saturated carbocycles. The fourth-order valence-electron chi connectivity index (χ4n) is 2.62. The second-order valence-electron chi connectivity index (χ2n) is 5.23. The summed E-state index contributed by atoms with van der Waals surface area (Å²) < 4.78 is 10.6. The third-order valence-electron chi connectivity index (χ3n) is 3.72. The minimum absolute atomic E-state index is 0.246. The molecular formula is C14H13N5O3. The van der Waals surface area contributed by atoms with Crippen LogP contribution in [0, 0.1) is 6.92 Å². The summed E-state index contributed by atoms with van der Waals surface area (Å²) in [7, 11) is 0. The molecule has 1 N–H and O–H groups in total. The van der Waals surface area contributed by atoms with Gasteiger partial charge in [-0.2, -0.15) is 15.4 Å². The molecule has 3 aromatic rings. The topological polar surface area (TPSA) is 97.1 Å². The first-order valence-electron chi connectivity index (χ1n) is 6.89. The number of hydrogen-bond acceptors (Lipinski definition) is 6. The van der Waals surface area contributed by atoms with Gasteiger partial charge < -0.3 is 9.26 Å². The number of carbonyl (C=O) groups excluding carboxylic acids is 1. The van der Waals surface area contributed by atoms with Crippen LogP contribution < -0.4 is 4.90 Å². The standard InChI is InChI=1S/C14H13N5O3/c1-8-12-3-2-10(5-13(12)22-17-8)19-7-11(21-14(19)20)4-9-6-15-18-16-9/h2-3,5-6,11H,4,7H2,1H3,(H,15,16,18). The van der Waals surface area contributed by atoms with Gasteiger partial charge in [-0.3, -0.25) is 4.90 Å². The number of aromatic nitrogens is 4. The van der Waals surface area contributed by atoms with Gasteiger partial charge in [-0.1, -0.05) is 5.16 Å². The predicted molar refractivity (Wildman–Crippen MR) is 76.4 cm³/mol. The molecule has 112 valence electrons. The molecule has 1 atom stereocenters. The fraction of sp³-hybridized carbons (Fsp3) is 0.286. The summed E-state index contributed by atoms with van der Waals surface area (Å²) in [6.45, 7) is 2.34. The molecule has 22 heavy (non-hydrogen) atoms. The molecule has 1 aliphatic heterocycles. The molecular weight excluding hydrogens is 286 g/mol. The van der Waals surface area contributed by atoms with Gasteiger partial charge in [-0.15, -0.1) is 0 Å². The Morgan fingerprint density at radius 1 is 1.45 bits per heavy atom. The van der Waals surface area contributed by atoms with E-state index in [4.69, 9.17) is 9.26 Å². The lowest BCUT2D eigenvalue weighted by Gasteiger charge is -2.12. The van der Waals surface area contributed by atoms with Crippen LogP contribution in [0.3, 0.4) is 0 Å². The first-order valence-corrected chi connectivity index (χ1v) is 6.89. The Hall–Kier alpha value is -2.90. The summed E-state index contributed by atoms with van der Waals surface area (Å²) in [6, 6.07) is 5.57. The molecule has 0 aliphatic carbocycles. The molecule has 1 aliphatic rings. The smallest absolute Gasteiger partial charge is 0.414 e. The van der Waals surface area contributed by atoms with Gasteiger partial charge in [0.15, 0.2) is 5.58 Å². The van der Waals surface area contributed by atoms with E-state index in [9.17, 15) is 4.79 Å². The van der Waals surface area contributed by atoms with Gasteiger partial charge in [0.2, 0.25) is 0 Å². The van der Waals surface area contributed by atoms with E-state index in [1.807, 2.05) is 19.1 Å².